The fourth-order valence-corrected chi connectivity index (χ4v) is 5.66. The Bertz CT molecular complexity index is 1410. The Labute approximate surface area is 203 Å². The van der Waals surface area contributed by atoms with Gasteiger partial charge in [-0.15, -0.1) is 11.3 Å². The minimum absolute atomic E-state index is 0.948. The Morgan fingerprint density at radius 3 is 2.50 bits per heavy atom. The molecule has 1 aliphatic heterocycles. The minimum Gasteiger partial charge on any atom is -0.369 e. The molecule has 0 amide bonds. The van der Waals surface area contributed by atoms with E-state index >= 15 is 0 Å². The lowest BCUT2D eigenvalue weighted by atomic mass is 10.1. The van der Waals surface area contributed by atoms with E-state index in [2.05, 4.69) is 93.4 Å². The summed E-state index contributed by atoms with van der Waals surface area (Å²) in [6.45, 7) is 7.34. The van der Waals surface area contributed by atoms with E-state index in [1.807, 2.05) is 12.4 Å². The Balaban J connectivity index is 1.15. The zero-order chi connectivity index (χ0) is 22.9. The third-order valence-electron chi connectivity index (χ3n) is 6.57. The number of aryl methyl sites for hydroxylation is 1. The number of imidazole rings is 1. The van der Waals surface area contributed by atoms with Crippen LogP contribution in [0.3, 0.4) is 0 Å². The zero-order valence-electron chi connectivity index (χ0n) is 19.2. The largest absolute Gasteiger partial charge is 0.369 e. The summed E-state index contributed by atoms with van der Waals surface area (Å²) in [6, 6.07) is 23.8. The number of aromatic nitrogens is 3. The monoisotopic (exact) mass is 465 g/mol. The Kier molecular flexibility index (Phi) is 5.61. The average molecular weight is 466 g/mol. The smallest absolute Gasteiger partial charge is 0.148 e. The predicted octanol–water partition coefficient (Wildman–Crippen LogP) is 5.98. The highest BCUT2D eigenvalue weighted by atomic mass is 32.1. The van der Waals surface area contributed by atoms with Crippen LogP contribution in [0.5, 0.6) is 0 Å². The summed E-state index contributed by atoms with van der Waals surface area (Å²) in [6.07, 6.45) is 3.75. The number of rotatable bonds is 5. The lowest BCUT2D eigenvalue weighted by molar-refractivity contribution is 0.250. The van der Waals surface area contributed by atoms with Gasteiger partial charge in [-0.05, 0) is 60.0 Å². The van der Waals surface area contributed by atoms with Gasteiger partial charge in [0.05, 0.1) is 15.9 Å². The first-order valence-electron chi connectivity index (χ1n) is 11.8. The summed E-state index contributed by atoms with van der Waals surface area (Å²) in [7, 11) is 0. The van der Waals surface area contributed by atoms with Crippen LogP contribution >= 0.6 is 11.3 Å². The summed E-state index contributed by atoms with van der Waals surface area (Å²) < 4.78 is 0. The molecule has 170 valence electrons. The molecule has 0 spiro atoms. The van der Waals surface area contributed by atoms with E-state index in [4.69, 9.17) is 4.98 Å². The standard InChI is InChI=1S/C28H27N5S/c1-20-4-2-7-24-27(20)31-28(30-24)26-9-8-25(34-26)22-6-3-5-21(18-22)19-32-14-16-33(17-15-32)23-10-12-29-13-11-23/h2-13,18H,14-17,19H2,1H3,(H,30,31). The zero-order valence-corrected chi connectivity index (χ0v) is 20.1. The molecule has 5 aromatic rings. The molecule has 1 fully saturated rings. The molecule has 0 bridgehead atoms. The van der Waals surface area contributed by atoms with Crippen LogP contribution in [0.1, 0.15) is 11.1 Å². The molecular weight excluding hydrogens is 438 g/mol. The van der Waals surface area contributed by atoms with Gasteiger partial charge in [0.15, 0.2) is 0 Å². The van der Waals surface area contributed by atoms with Crippen LogP contribution in [0, 0.1) is 6.92 Å². The molecule has 4 heterocycles. The number of H-pyrrole nitrogens is 1. The number of anilines is 1. The first-order chi connectivity index (χ1) is 16.7. The predicted molar refractivity (Wildman–Crippen MR) is 141 cm³/mol. The molecular formula is C28H27N5S. The second-order valence-electron chi connectivity index (χ2n) is 8.89. The maximum atomic E-state index is 4.85. The number of aromatic amines is 1. The number of nitrogens with zero attached hydrogens (tertiary/aromatic N) is 4. The van der Waals surface area contributed by atoms with Crippen molar-refractivity contribution in [3.05, 3.63) is 90.3 Å². The normalized spacial score (nSPS) is 14.7. The van der Waals surface area contributed by atoms with Crippen LogP contribution in [0.25, 0.3) is 32.2 Å². The fourth-order valence-electron chi connectivity index (χ4n) is 4.71. The van der Waals surface area contributed by atoms with Crippen LogP contribution in [0.4, 0.5) is 5.69 Å². The molecule has 3 aromatic heterocycles. The highest BCUT2D eigenvalue weighted by Crippen LogP contribution is 2.34. The molecule has 1 saturated heterocycles. The van der Waals surface area contributed by atoms with Gasteiger partial charge in [-0.25, -0.2) is 4.98 Å². The number of pyridine rings is 1. The van der Waals surface area contributed by atoms with Crippen LogP contribution in [0.15, 0.2) is 79.1 Å². The van der Waals surface area contributed by atoms with E-state index in [1.54, 1.807) is 11.3 Å². The first-order valence-corrected chi connectivity index (χ1v) is 12.6. The van der Waals surface area contributed by atoms with E-state index in [9.17, 15) is 0 Å². The molecule has 1 aliphatic rings. The van der Waals surface area contributed by atoms with Crippen molar-refractivity contribution in [1.82, 2.24) is 19.9 Å². The molecule has 0 aliphatic carbocycles. The summed E-state index contributed by atoms with van der Waals surface area (Å²) in [5.74, 6) is 0.948. The molecule has 0 saturated carbocycles. The maximum absolute atomic E-state index is 4.85. The van der Waals surface area contributed by atoms with Gasteiger partial charge in [-0.3, -0.25) is 9.88 Å². The van der Waals surface area contributed by atoms with Crippen LogP contribution in [-0.4, -0.2) is 46.0 Å². The molecule has 0 unspecified atom stereocenters. The van der Waals surface area contributed by atoms with E-state index in [1.165, 1.54) is 32.1 Å². The van der Waals surface area contributed by atoms with Crippen LogP contribution in [-0.2, 0) is 6.54 Å². The lowest BCUT2D eigenvalue weighted by Gasteiger charge is -2.36. The van der Waals surface area contributed by atoms with E-state index < -0.39 is 0 Å². The van der Waals surface area contributed by atoms with Crippen molar-refractivity contribution in [1.29, 1.82) is 0 Å². The minimum atomic E-state index is 0.948. The van der Waals surface area contributed by atoms with Crippen molar-refractivity contribution in [2.45, 2.75) is 13.5 Å². The molecule has 5 nitrogen and oxygen atoms in total. The highest BCUT2D eigenvalue weighted by molar-refractivity contribution is 7.18. The second-order valence-corrected chi connectivity index (χ2v) is 9.97. The molecule has 2 aromatic carbocycles. The van der Waals surface area contributed by atoms with Gasteiger partial charge in [0, 0.05) is 55.7 Å². The summed E-state index contributed by atoms with van der Waals surface area (Å²) in [5.41, 5.74) is 7.26. The van der Waals surface area contributed by atoms with Crippen molar-refractivity contribution in [2.75, 3.05) is 31.1 Å². The number of para-hydroxylation sites is 1. The van der Waals surface area contributed by atoms with Crippen molar-refractivity contribution >= 4 is 28.1 Å². The van der Waals surface area contributed by atoms with Crippen LogP contribution in [0.2, 0.25) is 0 Å². The molecule has 6 heteroatoms. The topological polar surface area (TPSA) is 48.1 Å². The third kappa shape index (κ3) is 4.22. The Morgan fingerprint density at radius 2 is 1.68 bits per heavy atom. The lowest BCUT2D eigenvalue weighted by Crippen LogP contribution is -2.45. The van der Waals surface area contributed by atoms with Gasteiger partial charge in [0.25, 0.3) is 0 Å². The third-order valence-corrected chi connectivity index (χ3v) is 7.71. The van der Waals surface area contributed by atoms with Gasteiger partial charge in [-0.1, -0.05) is 30.3 Å². The molecule has 34 heavy (non-hydrogen) atoms. The van der Waals surface area contributed by atoms with E-state index in [0.717, 1.165) is 49.6 Å². The number of hydrogen-bond donors (Lipinski definition) is 1. The SMILES string of the molecule is Cc1cccc2[nH]c(-c3ccc(-c4cccc(CN5CCN(c6ccncc6)CC5)c4)s3)nc12. The first kappa shape index (κ1) is 21.1. The molecule has 1 N–H and O–H groups in total. The Morgan fingerprint density at radius 1 is 0.882 bits per heavy atom. The highest BCUT2D eigenvalue weighted by Gasteiger charge is 2.18. The fraction of sp³-hybridized carbons (Fsp3) is 0.214. The van der Waals surface area contributed by atoms with Crippen molar-refractivity contribution in [3.63, 3.8) is 0 Å². The summed E-state index contributed by atoms with van der Waals surface area (Å²) in [4.78, 5) is 19.9. The van der Waals surface area contributed by atoms with Crippen LogP contribution < -0.4 is 4.90 Å². The van der Waals surface area contributed by atoms with E-state index in [-0.39, 0.29) is 0 Å². The molecule has 0 atom stereocenters. The van der Waals surface area contributed by atoms with E-state index in [0.29, 0.717) is 0 Å². The second kappa shape index (κ2) is 9.05. The number of thiophene rings is 1. The van der Waals surface area contributed by atoms with Crippen molar-refractivity contribution in [3.8, 4) is 21.1 Å². The number of benzene rings is 2. The number of hydrogen-bond acceptors (Lipinski definition) is 5. The summed E-state index contributed by atoms with van der Waals surface area (Å²) >= 11 is 1.79. The van der Waals surface area contributed by atoms with Gasteiger partial charge in [-0.2, -0.15) is 0 Å². The van der Waals surface area contributed by atoms with Gasteiger partial charge in [0.2, 0.25) is 0 Å². The van der Waals surface area contributed by atoms with Gasteiger partial charge in [0.1, 0.15) is 5.82 Å². The average Bonchev–Trinajstić information content (AvgIpc) is 3.54. The maximum Gasteiger partial charge on any atom is 0.148 e. The number of piperazine rings is 1. The molecule has 0 radical (unpaired) electrons. The summed E-state index contributed by atoms with van der Waals surface area (Å²) in [5, 5.41) is 0. The quantitative estimate of drug-likeness (QED) is 0.347. The van der Waals surface area contributed by atoms with Crippen molar-refractivity contribution < 1.29 is 0 Å². The molecule has 6 rings (SSSR count). The Hall–Kier alpha value is -3.48. The number of fused-ring (bicyclic) bond motifs is 1. The number of nitrogens with one attached hydrogen (secondary N) is 1. The van der Waals surface area contributed by atoms with Gasteiger partial charge < -0.3 is 9.88 Å². The van der Waals surface area contributed by atoms with Gasteiger partial charge >= 0.3 is 0 Å². The van der Waals surface area contributed by atoms with Crippen molar-refractivity contribution in [2.24, 2.45) is 0 Å².